The van der Waals surface area contributed by atoms with Crippen molar-refractivity contribution in [2.45, 2.75) is 25.4 Å². The number of likely N-dealkylation sites (N-methyl/N-ethyl adjacent to an activating group) is 1. The molecule has 27 heavy (non-hydrogen) atoms. The standard InChI is InChI=1S/C21H24FN3O2/c1-24(2)20(17-6-3-4-7-18(17)22)21(27)23-14-15-9-11-16(12-10-15)25-13-5-8-19(25)26/h3-4,6-7,9-12,20H,5,8,13-14H2,1-2H3,(H,23,27). The van der Waals surface area contributed by atoms with Gasteiger partial charge in [0.25, 0.3) is 0 Å². The lowest BCUT2D eigenvalue weighted by molar-refractivity contribution is -0.126. The predicted octanol–water partition coefficient (Wildman–Crippen LogP) is 2.87. The molecule has 2 aromatic rings. The summed E-state index contributed by atoms with van der Waals surface area (Å²) in [7, 11) is 3.50. The van der Waals surface area contributed by atoms with Crippen LogP contribution < -0.4 is 10.2 Å². The van der Waals surface area contributed by atoms with E-state index in [0.717, 1.165) is 24.2 Å². The highest BCUT2D eigenvalue weighted by Crippen LogP contribution is 2.23. The monoisotopic (exact) mass is 369 g/mol. The van der Waals surface area contributed by atoms with E-state index in [9.17, 15) is 14.0 Å². The van der Waals surface area contributed by atoms with Gasteiger partial charge >= 0.3 is 0 Å². The number of hydrogen-bond donors (Lipinski definition) is 1. The van der Waals surface area contributed by atoms with Gasteiger partial charge in [-0.3, -0.25) is 14.5 Å². The number of amides is 2. The Morgan fingerprint density at radius 3 is 2.48 bits per heavy atom. The van der Waals surface area contributed by atoms with Crippen LogP contribution in [0.15, 0.2) is 48.5 Å². The molecule has 5 nitrogen and oxygen atoms in total. The molecule has 142 valence electrons. The van der Waals surface area contributed by atoms with Gasteiger partial charge in [0.1, 0.15) is 11.9 Å². The molecule has 0 saturated carbocycles. The smallest absolute Gasteiger partial charge is 0.242 e. The zero-order valence-corrected chi connectivity index (χ0v) is 15.6. The Kier molecular flexibility index (Phi) is 5.86. The van der Waals surface area contributed by atoms with Crippen LogP contribution in [0.2, 0.25) is 0 Å². The van der Waals surface area contributed by atoms with Crippen molar-refractivity contribution < 1.29 is 14.0 Å². The Balaban J connectivity index is 1.65. The number of nitrogens with one attached hydrogen (secondary N) is 1. The number of carbonyl (C=O) groups excluding carboxylic acids is 2. The molecule has 0 radical (unpaired) electrons. The summed E-state index contributed by atoms with van der Waals surface area (Å²) in [5.74, 6) is -0.510. The molecule has 3 rings (SSSR count). The minimum absolute atomic E-state index is 0.148. The maximum absolute atomic E-state index is 14.1. The molecule has 2 aromatic carbocycles. The summed E-state index contributed by atoms with van der Waals surface area (Å²) in [6.07, 6.45) is 1.48. The van der Waals surface area contributed by atoms with E-state index >= 15 is 0 Å². The van der Waals surface area contributed by atoms with Crippen LogP contribution in [0.4, 0.5) is 10.1 Å². The second-order valence-electron chi connectivity index (χ2n) is 6.92. The minimum atomic E-state index is -0.701. The average Bonchev–Trinajstić information content (AvgIpc) is 3.08. The Labute approximate surface area is 158 Å². The molecule has 0 aromatic heterocycles. The fourth-order valence-electron chi connectivity index (χ4n) is 3.35. The van der Waals surface area contributed by atoms with Crippen LogP contribution in [-0.2, 0) is 16.1 Å². The molecule has 6 heteroatoms. The molecule has 1 aliphatic heterocycles. The van der Waals surface area contributed by atoms with Gasteiger partial charge in [0.15, 0.2) is 0 Å². The molecule has 0 spiro atoms. The Hall–Kier alpha value is -2.73. The van der Waals surface area contributed by atoms with E-state index in [2.05, 4.69) is 5.32 Å². The van der Waals surface area contributed by atoms with Crippen molar-refractivity contribution in [1.29, 1.82) is 0 Å². The molecule has 1 fully saturated rings. The average molecular weight is 369 g/mol. The van der Waals surface area contributed by atoms with Crippen molar-refractivity contribution in [3.63, 3.8) is 0 Å². The second-order valence-corrected chi connectivity index (χ2v) is 6.92. The first-order valence-electron chi connectivity index (χ1n) is 9.05. The van der Waals surface area contributed by atoms with Crippen molar-refractivity contribution in [3.05, 3.63) is 65.5 Å². The van der Waals surface area contributed by atoms with Crippen LogP contribution >= 0.6 is 0 Å². The predicted molar refractivity (Wildman–Crippen MR) is 103 cm³/mol. The minimum Gasteiger partial charge on any atom is -0.350 e. The molecule has 0 aliphatic carbocycles. The molecule has 1 unspecified atom stereocenters. The zero-order chi connectivity index (χ0) is 19.4. The number of halogens is 1. The molecule has 1 N–H and O–H groups in total. The fourth-order valence-corrected chi connectivity index (χ4v) is 3.35. The van der Waals surface area contributed by atoms with Gasteiger partial charge in [-0.05, 0) is 44.3 Å². The summed E-state index contributed by atoms with van der Waals surface area (Å²) >= 11 is 0. The Bertz CT molecular complexity index is 820. The van der Waals surface area contributed by atoms with Crippen LogP contribution in [0.25, 0.3) is 0 Å². The van der Waals surface area contributed by atoms with Gasteiger partial charge in [-0.25, -0.2) is 4.39 Å². The highest BCUT2D eigenvalue weighted by molar-refractivity contribution is 5.95. The van der Waals surface area contributed by atoms with Crippen molar-refractivity contribution in [2.75, 3.05) is 25.5 Å². The maximum Gasteiger partial charge on any atom is 0.242 e. The van der Waals surface area contributed by atoms with Gasteiger partial charge < -0.3 is 10.2 Å². The van der Waals surface area contributed by atoms with Crippen LogP contribution in [0.5, 0.6) is 0 Å². The third kappa shape index (κ3) is 4.34. The van der Waals surface area contributed by atoms with Crippen LogP contribution in [0.3, 0.4) is 0 Å². The van der Waals surface area contributed by atoms with E-state index in [4.69, 9.17) is 0 Å². The first kappa shape index (κ1) is 19.0. The van der Waals surface area contributed by atoms with Gasteiger partial charge in [-0.15, -0.1) is 0 Å². The molecule has 1 aliphatic rings. The topological polar surface area (TPSA) is 52.7 Å². The van der Waals surface area contributed by atoms with Crippen molar-refractivity contribution >= 4 is 17.5 Å². The second kappa shape index (κ2) is 8.31. The van der Waals surface area contributed by atoms with Gasteiger partial charge in [0, 0.05) is 30.8 Å². The van der Waals surface area contributed by atoms with Gasteiger partial charge in [-0.1, -0.05) is 30.3 Å². The van der Waals surface area contributed by atoms with Gasteiger partial charge in [0.2, 0.25) is 11.8 Å². The summed E-state index contributed by atoms with van der Waals surface area (Å²) in [5, 5.41) is 2.88. The van der Waals surface area contributed by atoms with Gasteiger partial charge in [-0.2, -0.15) is 0 Å². The highest BCUT2D eigenvalue weighted by Gasteiger charge is 2.25. The zero-order valence-electron chi connectivity index (χ0n) is 15.6. The van der Waals surface area contributed by atoms with E-state index in [0.29, 0.717) is 18.5 Å². The molecule has 1 atom stereocenters. The van der Waals surface area contributed by atoms with Gasteiger partial charge in [0.05, 0.1) is 0 Å². The normalized spacial score (nSPS) is 15.3. The molecule has 2 amide bonds. The largest absolute Gasteiger partial charge is 0.350 e. The van der Waals surface area contributed by atoms with Crippen molar-refractivity contribution in [1.82, 2.24) is 10.2 Å². The molecule has 1 heterocycles. The van der Waals surface area contributed by atoms with E-state index < -0.39 is 11.9 Å². The number of hydrogen-bond acceptors (Lipinski definition) is 3. The molecular weight excluding hydrogens is 345 g/mol. The Morgan fingerprint density at radius 1 is 1.19 bits per heavy atom. The van der Waals surface area contributed by atoms with Crippen molar-refractivity contribution in [3.8, 4) is 0 Å². The molecular formula is C21H24FN3O2. The third-order valence-electron chi connectivity index (χ3n) is 4.75. The Morgan fingerprint density at radius 2 is 1.89 bits per heavy atom. The van der Waals surface area contributed by atoms with Crippen LogP contribution in [0, 0.1) is 5.82 Å². The number of nitrogens with zero attached hydrogens (tertiary/aromatic N) is 2. The maximum atomic E-state index is 14.1. The van der Waals surface area contributed by atoms with E-state index in [-0.39, 0.29) is 11.8 Å². The SMILES string of the molecule is CN(C)C(C(=O)NCc1ccc(N2CCCC2=O)cc1)c1ccccc1F. The van der Waals surface area contributed by atoms with Crippen molar-refractivity contribution in [2.24, 2.45) is 0 Å². The first-order chi connectivity index (χ1) is 13.0. The first-order valence-corrected chi connectivity index (χ1v) is 9.05. The van der Waals surface area contributed by atoms with E-state index in [1.165, 1.54) is 6.07 Å². The summed E-state index contributed by atoms with van der Waals surface area (Å²) in [6, 6.07) is 13.2. The summed E-state index contributed by atoms with van der Waals surface area (Å²) in [5.41, 5.74) is 2.15. The fraction of sp³-hybridized carbons (Fsp3) is 0.333. The lowest BCUT2D eigenvalue weighted by Gasteiger charge is -2.24. The number of benzene rings is 2. The molecule has 1 saturated heterocycles. The van der Waals surface area contributed by atoms with E-state index in [1.54, 1.807) is 42.1 Å². The number of anilines is 1. The number of rotatable bonds is 6. The van der Waals surface area contributed by atoms with E-state index in [1.807, 2.05) is 24.3 Å². The highest BCUT2D eigenvalue weighted by atomic mass is 19.1. The molecule has 0 bridgehead atoms. The number of carbonyl (C=O) groups is 2. The third-order valence-corrected chi connectivity index (χ3v) is 4.75. The lowest BCUT2D eigenvalue weighted by Crippen LogP contribution is -2.37. The summed E-state index contributed by atoms with van der Waals surface area (Å²) < 4.78 is 14.1. The lowest BCUT2D eigenvalue weighted by atomic mass is 10.0. The van der Waals surface area contributed by atoms with Crippen LogP contribution in [0.1, 0.15) is 30.0 Å². The summed E-state index contributed by atoms with van der Waals surface area (Å²) in [4.78, 5) is 27.9. The van der Waals surface area contributed by atoms with Crippen LogP contribution in [-0.4, -0.2) is 37.4 Å². The summed E-state index contributed by atoms with van der Waals surface area (Å²) in [6.45, 7) is 1.09. The quantitative estimate of drug-likeness (QED) is 0.852.